The lowest BCUT2D eigenvalue weighted by atomic mass is 10.2. The molecule has 0 fully saturated rings. The highest BCUT2D eigenvalue weighted by Crippen LogP contribution is 2.19. The van der Waals surface area contributed by atoms with Crippen LogP contribution in [0.5, 0.6) is 0 Å². The molecule has 94 valence electrons. The quantitative estimate of drug-likeness (QED) is 0.677. The van der Waals surface area contributed by atoms with Gasteiger partial charge in [-0.05, 0) is 36.8 Å². The molecule has 0 saturated heterocycles. The molecule has 0 aliphatic rings. The number of hydrogen-bond acceptors (Lipinski definition) is 1. The molecular weight excluding hydrogens is 252 g/mol. The maximum Gasteiger partial charge on any atom is 0.182 e. The number of hydrogen-bond donors (Lipinski definition) is 1. The molecule has 1 heterocycles. The normalized spacial score (nSPS) is 10.6. The van der Waals surface area contributed by atoms with E-state index in [1.165, 1.54) is 5.56 Å². The van der Waals surface area contributed by atoms with Gasteiger partial charge in [0.05, 0.1) is 5.69 Å². The van der Waals surface area contributed by atoms with E-state index in [1.54, 1.807) is 0 Å². The third-order valence-corrected chi connectivity index (χ3v) is 3.41. The zero-order chi connectivity index (χ0) is 13.2. The second-order valence-electron chi connectivity index (χ2n) is 4.54. The van der Waals surface area contributed by atoms with E-state index in [2.05, 4.69) is 48.3 Å². The van der Waals surface area contributed by atoms with Crippen LogP contribution in [0, 0.1) is 11.7 Å². The zero-order valence-electron chi connectivity index (χ0n) is 10.6. The molecule has 0 amide bonds. The largest absolute Gasteiger partial charge is 0.330 e. The molecule has 3 aromatic rings. The first-order chi connectivity index (χ1) is 9.24. The van der Waals surface area contributed by atoms with Crippen LogP contribution in [0.4, 0.5) is 0 Å². The third-order valence-electron chi connectivity index (χ3n) is 3.12. The van der Waals surface area contributed by atoms with E-state index in [1.807, 2.05) is 29.0 Å². The molecule has 0 unspecified atom stereocenters. The van der Waals surface area contributed by atoms with E-state index in [0.29, 0.717) is 4.77 Å². The Balaban J connectivity index is 2.08. The van der Waals surface area contributed by atoms with Crippen molar-refractivity contribution in [2.45, 2.75) is 6.92 Å². The van der Waals surface area contributed by atoms with Gasteiger partial charge in [-0.1, -0.05) is 48.0 Å². The van der Waals surface area contributed by atoms with Crippen molar-refractivity contribution in [1.29, 1.82) is 0 Å². The summed E-state index contributed by atoms with van der Waals surface area (Å²) in [4.78, 5) is 3.25. The molecule has 0 saturated carbocycles. The number of nitrogens with one attached hydrogen (secondary N) is 1. The van der Waals surface area contributed by atoms with Crippen molar-refractivity contribution < 1.29 is 0 Å². The maximum atomic E-state index is 5.40. The smallest absolute Gasteiger partial charge is 0.182 e. The fraction of sp³-hybridized carbons (Fsp3) is 0.0625. The van der Waals surface area contributed by atoms with Crippen LogP contribution in [0.15, 0.2) is 60.8 Å². The number of aryl methyl sites for hydroxylation is 1. The molecule has 0 aliphatic heterocycles. The topological polar surface area (TPSA) is 20.7 Å². The average Bonchev–Trinajstić information content (AvgIpc) is 2.83. The van der Waals surface area contributed by atoms with Gasteiger partial charge in [-0.3, -0.25) is 4.57 Å². The number of benzene rings is 2. The lowest BCUT2D eigenvalue weighted by Crippen LogP contribution is -1.91. The molecule has 0 atom stereocenters. The van der Waals surface area contributed by atoms with Crippen LogP contribution in [0.3, 0.4) is 0 Å². The Morgan fingerprint density at radius 1 is 0.947 bits per heavy atom. The minimum atomic E-state index is 0.711. The molecule has 3 heteroatoms. The van der Waals surface area contributed by atoms with Gasteiger partial charge in [-0.15, -0.1) is 0 Å². The minimum Gasteiger partial charge on any atom is -0.330 e. The average molecular weight is 266 g/mol. The van der Waals surface area contributed by atoms with E-state index in [-0.39, 0.29) is 0 Å². The summed E-state index contributed by atoms with van der Waals surface area (Å²) in [6.07, 6.45) is 2.04. The van der Waals surface area contributed by atoms with Gasteiger partial charge in [0.15, 0.2) is 4.77 Å². The van der Waals surface area contributed by atoms with E-state index in [0.717, 1.165) is 16.9 Å². The Morgan fingerprint density at radius 2 is 1.63 bits per heavy atom. The summed E-state index contributed by atoms with van der Waals surface area (Å²) in [5.41, 5.74) is 4.49. The molecule has 19 heavy (non-hydrogen) atoms. The molecule has 0 bridgehead atoms. The summed E-state index contributed by atoms with van der Waals surface area (Å²) in [5, 5.41) is 0. The molecule has 2 nitrogen and oxygen atoms in total. The Labute approximate surface area is 117 Å². The van der Waals surface area contributed by atoms with Gasteiger partial charge in [0.25, 0.3) is 0 Å². The van der Waals surface area contributed by atoms with Crippen molar-refractivity contribution in [1.82, 2.24) is 9.55 Å². The van der Waals surface area contributed by atoms with Crippen molar-refractivity contribution in [3.63, 3.8) is 0 Å². The van der Waals surface area contributed by atoms with Crippen LogP contribution >= 0.6 is 12.2 Å². The lowest BCUT2D eigenvalue weighted by molar-refractivity contribution is 1.03. The standard InChI is InChI=1S/C16H14N2S/c1-12-7-9-14(10-8-12)18-11-15(17-16(18)19)13-5-3-2-4-6-13/h2-11H,1H3,(H,17,19). The molecule has 1 N–H and O–H groups in total. The van der Waals surface area contributed by atoms with E-state index in [9.17, 15) is 0 Å². The van der Waals surface area contributed by atoms with Crippen LogP contribution < -0.4 is 0 Å². The third kappa shape index (κ3) is 2.37. The SMILES string of the molecule is Cc1ccc(-n2cc(-c3ccccc3)[nH]c2=S)cc1. The predicted molar refractivity (Wildman–Crippen MR) is 81.1 cm³/mol. The van der Waals surface area contributed by atoms with Gasteiger partial charge >= 0.3 is 0 Å². The van der Waals surface area contributed by atoms with Crippen LogP contribution in [0.2, 0.25) is 0 Å². The number of rotatable bonds is 2. The highest BCUT2D eigenvalue weighted by Gasteiger charge is 2.04. The van der Waals surface area contributed by atoms with E-state index in [4.69, 9.17) is 12.2 Å². The van der Waals surface area contributed by atoms with E-state index < -0.39 is 0 Å². The minimum absolute atomic E-state index is 0.711. The highest BCUT2D eigenvalue weighted by molar-refractivity contribution is 7.71. The second kappa shape index (κ2) is 4.86. The molecule has 0 radical (unpaired) electrons. The van der Waals surface area contributed by atoms with Gasteiger partial charge in [-0.25, -0.2) is 0 Å². The molecular formula is C16H14N2S. The zero-order valence-corrected chi connectivity index (χ0v) is 11.4. The van der Waals surface area contributed by atoms with Crippen LogP contribution in [0.1, 0.15) is 5.56 Å². The van der Waals surface area contributed by atoms with Crippen molar-refractivity contribution in [3.05, 3.63) is 71.1 Å². The first-order valence-electron chi connectivity index (χ1n) is 6.18. The maximum absolute atomic E-state index is 5.40. The fourth-order valence-corrected chi connectivity index (χ4v) is 2.33. The molecule has 0 aliphatic carbocycles. The van der Waals surface area contributed by atoms with Gasteiger partial charge in [0.2, 0.25) is 0 Å². The molecule has 3 rings (SSSR count). The Hall–Kier alpha value is -2.13. The summed E-state index contributed by atoms with van der Waals surface area (Å²) in [7, 11) is 0. The molecule has 0 spiro atoms. The Morgan fingerprint density at radius 3 is 2.32 bits per heavy atom. The number of aromatic nitrogens is 2. The van der Waals surface area contributed by atoms with Gasteiger partial charge in [0, 0.05) is 11.9 Å². The first-order valence-corrected chi connectivity index (χ1v) is 6.59. The summed E-state index contributed by atoms with van der Waals surface area (Å²) < 4.78 is 2.71. The van der Waals surface area contributed by atoms with Crippen LogP contribution in [-0.2, 0) is 0 Å². The molecule has 1 aromatic heterocycles. The first kappa shape index (κ1) is 11.9. The van der Waals surface area contributed by atoms with Gasteiger partial charge in [-0.2, -0.15) is 0 Å². The van der Waals surface area contributed by atoms with Gasteiger partial charge in [0.1, 0.15) is 0 Å². The van der Waals surface area contributed by atoms with Crippen molar-refractivity contribution >= 4 is 12.2 Å². The van der Waals surface area contributed by atoms with Crippen LogP contribution in [0.25, 0.3) is 16.9 Å². The summed E-state index contributed by atoms with van der Waals surface area (Å²) in [6, 6.07) is 18.5. The summed E-state index contributed by atoms with van der Waals surface area (Å²) in [5.74, 6) is 0. The van der Waals surface area contributed by atoms with E-state index >= 15 is 0 Å². The lowest BCUT2D eigenvalue weighted by Gasteiger charge is -2.02. The van der Waals surface area contributed by atoms with Crippen molar-refractivity contribution in [2.75, 3.05) is 0 Å². The summed E-state index contributed by atoms with van der Waals surface area (Å²) >= 11 is 5.40. The van der Waals surface area contributed by atoms with Crippen LogP contribution in [-0.4, -0.2) is 9.55 Å². The fourth-order valence-electron chi connectivity index (χ4n) is 2.06. The molecule has 2 aromatic carbocycles. The Bertz CT molecular complexity index is 736. The highest BCUT2D eigenvalue weighted by atomic mass is 32.1. The number of H-pyrrole nitrogens is 1. The number of nitrogens with zero attached hydrogens (tertiary/aromatic N) is 1. The Kier molecular flexibility index (Phi) is 3.05. The monoisotopic (exact) mass is 266 g/mol. The predicted octanol–water partition coefficient (Wildman–Crippen LogP) is 4.51. The van der Waals surface area contributed by atoms with Crippen molar-refractivity contribution in [2.24, 2.45) is 0 Å². The second-order valence-corrected chi connectivity index (χ2v) is 4.93. The summed E-state index contributed by atoms with van der Waals surface area (Å²) in [6.45, 7) is 2.08. The van der Waals surface area contributed by atoms with Crippen molar-refractivity contribution in [3.8, 4) is 16.9 Å². The number of aromatic amines is 1. The number of imidazole rings is 1. The van der Waals surface area contributed by atoms with Gasteiger partial charge < -0.3 is 4.98 Å².